The van der Waals surface area contributed by atoms with Gasteiger partial charge in [0.05, 0.1) is 24.6 Å². The quantitative estimate of drug-likeness (QED) is 0.690. The van der Waals surface area contributed by atoms with Crippen LogP contribution in [0.3, 0.4) is 0 Å². The molecule has 1 amide bonds. The van der Waals surface area contributed by atoms with Gasteiger partial charge in [-0.2, -0.15) is 0 Å². The third-order valence-electron chi connectivity index (χ3n) is 5.00. The van der Waals surface area contributed by atoms with Crippen LogP contribution in [-0.2, 0) is 6.54 Å². The summed E-state index contributed by atoms with van der Waals surface area (Å²) in [6.07, 6.45) is 7.48. The smallest absolute Gasteiger partial charge is 0.276 e. The van der Waals surface area contributed by atoms with E-state index in [2.05, 4.69) is 19.7 Å². The summed E-state index contributed by atoms with van der Waals surface area (Å²) >= 11 is 0. The molecule has 0 saturated heterocycles. The van der Waals surface area contributed by atoms with E-state index >= 15 is 0 Å². The zero-order chi connectivity index (χ0) is 18.2. The molecule has 0 spiro atoms. The van der Waals surface area contributed by atoms with Gasteiger partial charge in [0, 0.05) is 37.0 Å². The molecule has 1 aliphatic heterocycles. The maximum atomic E-state index is 12.9. The van der Waals surface area contributed by atoms with Gasteiger partial charge in [0.25, 0.3) is 5.91 Å². The predicted molar refractivity (Wildman–Crippen MR) is 94.2 cm³/mol. The Hall–Kier alpha value is -3.16. The molecule has 3 aromatic heterocycles. The van der Waals surface area contributed by atoms with Crippen LogP contribution in [-0.4, -0.2) is 43.7 Å². The lowest BCUT2D eigenvalue weighted by molar-refractivity contribution is 0.0635. The molecule has 1 aliphatic carbocycles. The largest absolute Gasteiger partial charge is 0.475 e. The normalized spacial score (nSPS) is 19.0. The molecule has 1 saturated carbocycles. The van der Waals surface area contributed by atoms with E-state index in [9.17, 15) is 4.79 Å². The van der Waals surface area contributed by atoms with E-state index in [1.165, 1.54) is 0 Å². The van der Waals surface area contributed by atoms with E-state index in [0.717, 1.165) is 24.3 Å². The minimum absolute atomic E-state index is 0.0444. The summed E-state index contributed by atoms with van der Waals surface area (Å²) in [6, 6.07) is 7.28. The van der Waals surface area contributed by atoms with Crippen molar-refractivity contribution in [3.05, 3.63) is 60.1 Å². The van der Waals surface area contributed by atoms with Crippen molar-refractivity contribution in [1.82, 2.24) is 24.6 Å². The van der Waals surface area contributed by atoms with Gasteiger partial charge in [-0.15, -0.1) is 0 Å². The van der Waals surface area contributed by atoms with Gasteiger partial charge >= 0.3 is 0 Å². The summed E-state index contributed by atoms with van der Waals surface area (Å²) in [4.78, 5) is 23.1. The molecular formula is C19H19N5O3. The molecule has 1 fully saturated rings. The first kappa shape index (κ1) is 16.0. The summed E-state index contributed by atoms with van der Waals surface area (Å²) in [7, 11) is 0. The van der Waals surface area contributed by atoms with Crippen molar-refractivity contribution in [3.8, 4) is 5.88 Å². The lowest BCUT2D eigenvalue weighted by Gasteiger charge is -2.33. The van der Waals surface area contributed by atoms with Crippen LogP contribution in [0.2, 0.25) is 0 Å². The number of nitrogens with zero attached hydrogens (tertiary/aromatic N) is 5. The molecule has 2 aliphatic rings. The molecule has 0 bridgehead atoms. The Balaban J connectivity index is 1.33. The molecular weight excluding hydrogens is 346 g/mol. The maximum absolute atomic E-state index is 12.9. The zero-order valence-corrected chi connectivity index (χ0v) is 14.7. The highest BCUT2D eigenvalue weighted by atomic mass is 16.5. The first-order valence-electron chi connectivity index (χ1n) is 9.08. The van der Waals surface area contributed by atoms with Crippen LogP contribution < -0.4 is 4.74 Å². The fourth-order valence-corrected chi connectivity index (χ4v) is 3.40. The van der Waals surface area contributed by atoms with Crippen LogP contribution in [0.5, 0.6) is 5.88 Å². The number of hydrogen-bond donors (Lipinski definition) is 0. The van der Waals surface area contributed by atoms with Crippen molar-refractivity contribution in [1.29, 1.82) is 0 Å². The van der Waals surface area contributed by atoms with Gasteiger partial charge in [0.2, 0.25) is 5.88 Å². The summed E-state index contributed by atoms with van der Waals surface area (Å²) in [5.74, 6) is 1.69. The highest BCUT2D eigenvalue weighted by molar-refractivity contribution is 5.92. The van der Waals surface area contributed by atoms with Crippen molar-refractivity contribution in [3.63, 3.8) is 0 Å². The first-order chi connectivity index (χ1) is 13.3. The second-order valence-electron chi connectivity index (χ2n) is 7.00. The number of carbonyl (C=O) groups excluding carboxylic acids is 1. The number of rotatable bonds is 5. The Labute approximate surface area is 155 Å². The Kier molecular flexibility index (Phi) is 3.88. The van der Waals surface area contributed by atoms with Gasteiger partial charge in [-0.05, 0) is 18.9 Å². The second-order valence-corrected chi connectivity index (χ2v) is 7.00. The standard InChI is InChI=1S/C19H19N5O3/c25-19(16-7-17(27-22-16)13-4-5-13)23-9-14-8-20-12-24(14)15(10-23)11-26-18-3-1-2-6-21-18/h1-3,6-8,12-13,15H,4-5,9-11H2/t15-/m0/s1. The van der Waals surface area contributed by atoms with Gasteiger partial charge in [0.1, 0.15) is 12.4 Å². The third kappa shape index (κ3) is 3.18. The van der Waals surface area contributed by atoms with E-state index in [1.54, 1.807) is 29.7 Å². The lowest BCUT2D eigenvalue weighted by atomic mass is 10.1. The molecule has 5 rings (SSSR count). The van der Waals surface area contributed by atoms with Crippen molar-refractivity contribution in [2.24, 2.45) is 0 Å². The average Bonchev–Trinajstić information content (AvgIpc) is 3.24. The van der Waals surface area contributed by atoms with Crippen LogP contribution in [0.25, 0.3) is 0 Å². The van der Waals surface area contributed by atoms with E-state index in [1.807, 2.05) is 18.2 Å². The van der Waals surface area contributed by atoms with E-state index < -0.39 is 0 Å². The van der Waals surface area contributed by atoms with Crippen LogP contribution in [0.1, 0.15) is 46.7 Å². The minimum atomic E-state index is -0.124. The molecule has 8 nitrogen and oxygen atoms in total. The Bertz CT molecular complexity index is 947. The molecule has 3 aromatic rings. The maximum Gasteiger partial charge on any atom is 0.276 e. The topological polar surface area (TPSA) is 86.3 Å². The molecule has 8 heteroatoms. The first-order valence-corrected chi connectivity index (χ1v) is 9.08. The molecule has 0 unspecified atom stereocenters. The SMILES string of the molecule is O=C(c1cc(C2CC2)on1)N1Cc2cncn2[C@H](COc2ccccn2)C1. The van der Waals surface area contributed by atoms with E-state index in [4.69, 9.17) is 9.26 Å². The molecule has 0 radical (unpaired) electrons. The number of hydrogen-bond acceptors (Lipinski definition) is 6. The van der Waals surface area contributed by atoms with Crippen molar-refractivity contribution in [2.45, 2.75) is 31.3 Å². The fourth-order valence-electron chi connectivity index (χ4n) is 3.40. The minimum Gasteiger partial charge on any atom is -0.475 e. The number of imidazole rings is 1. The van der Waals surface area contributed by atoms with E-state index in [-0.39, 0.29) is 11.9 Å². The number of ether oxygens (including phenoxy) is 1. The summed E-state index contributed by atoms with van der Waals surface area (Å²) < 4.78 is 13.2. The molecule has 1 atom stereocenters. The molecule has 0 aromatic carbocycles. The number of fused-ring (bicyclic) bond motifs is 1. The monoisotopic (exact) mass is 365 g/mol. The van der Waals surface area contributed by atoms with Gasteiger partial charge in [-0.3, -0.25) is 4.79 Å². The second kappa shape index (κ2) is 6.53. The number of pyridine rings is 1. The lowest BCUT2D eigenvalue weighted by Crippen LogP contribution is -2.42. The molecule has 27 heavy (non-hydrogen) atoms. The zero-order valence-electron chi connectivity index (χ0n) is 14.7. The van der Waals surface area contributed by atoms with Crippen LogP contribution in [0.4, 0.5) is 0 Å². The Morgan fingerprint density at radius 3 is 3.07 bits per heavy atom. The summed E-state index contributed by atoms with van der Waals surface area (Å²) in [6.45, 7) is 1.40. The number of carbonyl (C=O) groups is 1. The van der Waals surface area contributed by atoms with Crippen molar-refractivity contribution >= 4 is 5.91 Å². The Morgan fingerprint density at radius 1 is 1.33 bits per heavy atom. The Morgan fingerprint density at radius 2 is 2.26 bits per heavy atom. The highest BCUT2D eigenvalue weighted by Gasteiger charge is 2.33. The van der Waals surface area contributed by atoms with Gasteiger partial charge in [-0.1, -0.05) is 11.2 Å². The van der Waals surface area contributed by atoms with Crippen LogP contribution >= 0.6 is 0 Å². The van der Waals surface area contributed by atoms with Gasteiger partial charge in [0.15, 0.2) is 5.69 Å². The summed E-state index contributed by atoms with van der Waals surface area (Å²) in [5.41, 5.74) is 1.34. The van der Waals surface area contributed by atoms with Crippen molar-refractivity contribution in [2.75, 3.05) is 13.2 Å². The van der Waals surface area contributed by atoms with Gasteiger partial charge < -0.3 is 18.7 Å². The number of amides is 1. The molecule has 0 N–H and O–H groups in total. The van der Waals surface area contributed by atoms with Crippen LogP contribution in [0, 0.1) is 0 Å². The van der Waals surface area contributed by atoms with Crippen molar-refractivity contribution < 1.29 is 14.1 Å². The average molecular weight is 365 g/mol. The van der Waals surface area contributed by atoms with E-state index in [0.29, 0.717) is 37.2 Å². The fraction of sp³-hybridized carbons (Fsp3) is 0.368. The van der Waals surface area contributed by atoms with Gasteiger partial charge in [-0.25, -0.2) is 9.97 Å². The molecule has 138 valence electrons. The van der Waals surface area contributed by atoms with Crippen LogP contribution in [0.15, 0.2) is 47.5 Å². The highest BCUT2D eigenvalue weighted by Crippen LogP contribution is 2.40. The number of aromatic nitrogens is 4. The predicted octanol–water partition coefficient (Wildman–Crippen LogP) is 2.42. The molecule has 4 heterocycles. The summed E-state index contributed by atoms with van der Waals surface area (Å²) in [5, 5.41) is 3.98. The third-order valence-corrected chi connectivity index (χ3v) is 5.00.